The van der Waals surface area contributed by atoms with Crippen molar-refractivity contribution in [1.82, 2.24) is 14.9 Å². The smallest absolute Gasteiger partial charge is 0.222 e. The number of carbonyl (C=O) groups is 1. The topological polar surface area (TPSA) is 61.4 Å². The quantitative estimate of drug-likeness (QED) is 0.795. The van der Waals surface area contributed by atoms with Crippen molar-refractivity contribution in [3.8, 4) is 0 Å². The lowest BCUT2D eigenvalue weighted by Crippen LogP contribution is -2.38. The van der Waals surface area contributed by atoms with Crippen molar-refractivity contribution in [3.63, 3.8) is 0 Å². The van der Waals surface area contributed by atoms with Crippen LogP contribution in [0.1, 0.15) is 49.7 Å². The molecule has 3 aliphatic rings. The highest BCUT2D eigenvalue weighted by molar-refractivity contribution is 5.76. The number of hydrogen-bond acceptors (Lipinski definition) is 5. The number of anilines is 2. The lowest BCUT2D eigenvalue weighted by Gasteiger charge is -2.34. The van der Waals surface area contributed by atoms with Gasteiger partial charge in [-0.25, -0.2) is 9.97 Å². The van der Waals surface area contributed by atoms with Crippen LogP contribution in [-0.4, -0.2) is 46.5 Å². The Morgan fingerprint density at radius 1 is 1.10 bits per heavy atom. The van der Waals surface area contributed by atoms with Crippen molar-refractivity contribution in [2.24, 2.45) is 5.92 Å². The van der Waals surface area contributed by atoms with E-state index in [1.165, 1.54) is 30.4 Å². The number of piperidine rings is 1. The second-order valence-corrected chi connectivity index (χ2v) is 9.01. The Balaban J connectivity index is 1.14. The second-order valence-electron chi connectivity index (χ2n) is 9.01. The van der Waals surface area contributed by atoms with E-state index in [2.05, 4.69) is 50.5 Å². The number of benzene rings is 1. The fourth-order valence-electron chi connectivity index (χ4n) is 4.74. The average molecular weight is 406 g/mol. The van der Waals surface area contributed by atoms with E-state index < -0.39 is 0 Å². The van der Waals surface area contributed by atoms with Gasteiger partial charge in [-0.3, -0.25) is 4.79 Å². The molecule has 2 fully saturated rings. The Labute approximate surface area is 178 Å². The Kier molecular flexibility index (Phi) is 5.56. The third-order valence-electron chi connectivity index (χ3n) is 6.67. The maximum atomic E-state index is 12.8. The van der Waals surface area contributed by atoms with Crippen molar-refractivity contribution in [2.45, 2.75) is 57.5 Å². The van der Waals surface area contributed by atoms with Crippen LogP contribution in [-0.2, 0) is 17.8 Å². The van der Waals surface area contributed by atoms with Crippen molar-refractivity contribution >= 4 is 17.5 Å². The van der Waals surface area contributed by atoms with Gasteiger partial charge in [-0.1, -0.05) is 24.3 Å². The van der Waals surface area contributed by atoms with Gasteiger partial charge in [0, 0.05) is 44.7 Å². The summed E-state index contributed by atoms with van der Waals surface area (Å²) in [6, 6.07) is 11.2. The van der Waals surface area contributed by atoms with Gasteiger partial charge in [0.1, 0.15) is 18.0 Å². The van der Waals surface area contributed by atoms with Gasteiger partial charge in [0.15, 0.2) is 0 Å². The van der Waals surface area contributed by atoms with E-state index in [1.54, 1.807) is 6.33 Å². The maximum absolute atomic E-state index is 12.8. The fraction of sp³-hybridized carbons (Fsp3) is 0.542. The monoisotopic (exact) mass is 405 g/mol. The Bertz CT molecular complexity index is 897. The molecule has 1 aromatic carbocycles. The normalized spacial score (nSPS) is 21.3. The fourth-order valence-corrected chi connectivity index (χ4v) is 4.74. The lowest BCUT2D eigenvalue weighted by atomic mass is 9.92. The first-order valence-corrected chi connectivity index (χ1v) is 11.4. The van der Waals surface area contributed by atoms with Crippen molar-refractivity contribution in [2.75, 3.05) is 29.9 Å². The summed E-state index contributed by atoms with van der Waals surface area (Å²) in [6.45, 7) is 3.64. The van der Waals surface area contributed by atoms with E-state index in [0.717, 1.165) is 57.1 Å². The molecule has 1 aromatic heterocycles. The Morgan fingerprint density at radius 3 is 2.83 bits per heavy atom. The molecule has 1 saturated carbocycles. The van der Waals surface area contributed by atoms with Crippen LogP contribution >= 0.6 is 0 Å². The molecule has 158 valence electrons. The second kappa shape index (κ2) is 8.62. The SMILES string of the molecule is O=C(CCC1CCCN(c2cc(NC3CC3)ncn2)C1)N1CCc2ccccc2C1. The molecule has 1 unspecified atom stereocenters. The van der Waals surface area contributed by atoms with E-state index in [0.29, 0.717) is 24.3 Å². The van der Waals surface area contributed by atoms with Crippen LogP contribution in [0.25, 0.3) is 0 Å². The minimum Gasteiger partial charge on any atom is -0.367 e. The van der Waals surface area contributed by atoms with E-state index in [4.69, 9.17) is 0 Å². The average Bonchev–Trinajstić information content (AvgIpc) is 3.61. The van der Waals surface area contributed by atoms with Gasteiger partial charge in [-0.15, -0.1) is 0 Å². The third-order valence-corrected chi connectivity index (χ3v) is 6.67. The standard InChI is InChI=1S/C24H31N5O/c30-24(29-13-11-19-5-1-2-6-20(19)16-29)10-7-18-4-3-12-28(15-18)23-14-22(25-17-26-23)27-21-8-9-21/h1-2,5-6,14,17-18,21H,3-4,7-13,15-16H2,(H,25,26,27). The summed E-state index contributed by atoms with van der Waals surface area (Å²) >= 11 is 0. The van der Waals surface area contributed by atoms with Gasteiger partial charge in [0.05, 0.1) is 0 Å². The number of nitrogens with one attached hydrogen (secondary N) is 1. The molecule has 1 amide bonds. The number of rotatable bonds is 6. The highest BCUT2D eigenvalue weighted by atomic mass is 16.2. The molecule has 5 rings (SSSR count). The highest BCUT2D eigenvalue weighted by Crippen LogP contribution is 2.28. The first kappa shape index (κ1) is 19.3. The highest BCUT2D eigenvalue weighted by Gasteiger charge is 2.25. The number of carbonyl (C=O) groups excluding carboxylic acids is 1. The minimum absolute atomic E-state index is 0.305. The number of amides is 1. The predicted octanol–water partition coefficient (Wildman–Crippen LogP) is 3.63. The Hall–Kier alpha value is -2.63. The van der Waals surface area contributed by atoms with Crippen molar-refractivity contribution in [1.29, 1.82) is 0 Å². The summed E-state index contributed by atoms with van der Waals surface area (Å²) in [5.74, 6) is 2.80. The molecule has 1 N–H and O–H groups in total. The molecular formula is C24H31N5O. The number of hydrogen-bond donors (Lipinski definition) is 1. The molecule has 2 aliphatic heterocycles. The molecule has 1 atom stereocenters. The summed E-state index contributed by atoms with van der Waals surface area (Å²) < 4.78 is 0. The van der Waals surface area contributed by atoms with Gasteiger partial charge < -0.3 is 15.1 Å². The molecule has 6 heteroatoms. The van der Waals surface area contributed by atoms with E-state index in [-0.39, 0.29) is 0 Å². The van der Waals surface area contributed by atoms with E-state index >= 15 is 0 Å². The summed E-state index contributed by atoms with van der Waals surface area (Å²) in [5.41, 5.74) is 2.70. The molecule has 0 radical (unpaired) electrons. The van der Waals surface area contributed by atoms with E-state index in [9.17, 15) is 4.79 Å². The summed E-state index contributed by atoms with van der Waals surface area (Å²) in [5, 5.41) is 3.46. The van der Waals surface area contributed by atoms with Crippen LogP contribution < -0.4 is 10.2 Å². The molecule has 0 spiro atoms. The molecule has 3 heterocycles. The molecule has 2 aromatic rings. The van der Waals surface area contributed by atoms with E-state index in [1.807, 2.05) is 4.90 Å². The zero-order valence-corrected chi connectivity index (χ0v) is 17.6. The van der Waals surface area contributed by atoms with Crippen LogP contribution in [0.5, 0.6) is 0 Å². The third kappa shape index (κ3) is 4.58. The van der Waals surface area contributed by atoms with Gasteiger partial charge in [0.25, 0.3) is 0 Å². The van der Waals surface area contributed by atoms with Crippen LogP contribution in [0.15, 0.2) is 36.7 Å². The summed E-state index contributed by atoms with van der Waals surface area (Å²) in [6.07, 6.45) is 9.09. The zero-order chi connectivity index (χ0) is 20.3. The Morgan fingerprint density at radius 2 is 1.97 bits per heavy atom. The first-order valence-electron chi connectivity index (χ1n) is 11.4. The zero-order valence-electron chi connectivity index (χ0n) is 17.6. The maximum Gasteiger partial charge on any atom is 0.222 e. The van der Waals surface area contributed by atoms with Crippen LogP contribution in [0.4, 0.5) is 11.6 Å². The molecule has 1 aliphatic carbocycles. The van der Waals surface area contributed by atoms with Crippen LogP contribution in [0.2, 0.25) is 0 Å². The molecule has 1 saturated heterocycles. The van der Waals surface area contributed by atoms with Gasteiger partial charge in [-0.05, 0) is 55.6 Å². The molecule has 0 bridgehead atoms. The summed E-state index contributed by atoms with van der Waals surface area (Å²) in [7, 11) is 0. The van der Waals surface area contributed by atoms with Gasteiger partial charge in [-0.2, -0.15) is 0 Å². The van der Waals surface area contributed by atoms with Gasteiger partial charge >= 0.3 is 0 Å². The molecule has 30 heavy (non-hydrogen) atoms. The van der Waals surface area contributed by atoms with Crippen molar-refractivity contribution < 1.29 is 4.79 Å². The largest absolute Gasteiger partial charge is 0.367 e. The number of nitrogens with zero attached hydrogens (tertiary/aromatic N) is 4. The predicted molar refractivity (Wildman–Crippen MR) is 118 cm³/mol. The first-order chi connectivity index (χ1) is 14.7. The number of fused-ring (bicyclic) bond motifs is 1. The van der Waals surface area contributed by atoms with Gasteiger partial charge in [0.2, 0.25) is 5.91 Å². The summed E-state index contributed by atoms with van der Waals surface area (Å²) in [4.78, 5) is 26.1. The lowest BCUT2D eigenvalue weighted by molar-refractivity contribution is -0.132. The van der Waals surface area contributed by atoms with Crippen LogP contribution in [0, 0.1) is 5.92 Å². The minimum atomic E-state index is 0.305. The van der Waals surface area contributed by atoms with Crippen molar-refractivity contribution in [3.05, 3.63) is 47.8 Å². The molecular weight excluding hydrogens is 374 g/mol. The molecule has 6 nitrogen and oxygen atoms in total. The number of aromatic nitrogens is 2. The van der Waals surface area contributed by atoms with Crippen LogP contribution in [0.3, 0.4) is 0 Å².